The maximum absolute atomic E-state index is 8.86. The Kier molecular flexibility index (Phi) is 2.75. The lowest BCUT2D eigenvalue weighted by atomic mass is 10.1. The fourth-order valence-corrected chi connectivity index (χ4v) is 1.57. The van der Waals surface area contributed by atoms with E-state index in [-0.39, 0.29) is 6.61 Å². The van der Waals surface area contributed by atoms with E-state index in [9.17, 15) is 0 Å². The summed E-state index contributed by atoms with van der Waals surface area (Å²) in [5, 5.41) is 13.4. The zero-order valence-corrected chi connectivity index (χ0v) is 8.95. The van der Waals surface area contributed by atoms with E-state index in [0.717, 1.165) is 11.1 Å². The molecule has 0 spiro atoms. The Morgan fingerprint density at radius 2 is 2.27 bits per heavy atom. The highest BCUT2D eigenvalue weighted by molar-refractivity contribution is 6.31. The third-order valence-electron chi connectivity index (χ3n) is 2.26. The van der Waals surface area contributed by atoms with Crippen molar-refractivity contribution in [1.82, 2.24) is 5.16 Å². The largest absolute Gasteiger partial charge is 0.388 e. The topological polar surface area (TPSA) is 46.3 Å². The number of aliphatic hydroxyl groups is 1. The van der Waals surface area contributed by atoms with Gasteiger partial charge in [0.05, 0.1) is 0 Å². The van der Waals surface area contributed by atoms with E-state index in [0.29, 0.717) is 16.5 Å². The second kappa shape index (κ2) is 4.04. The molecule has 0 saturated carbocycles. The van der Waals surface area contributed by atoms with Gasteiger partial charge < -0.3 is 9.63 Å². The van der Waals surface area contributed by atoms with E-state index in [4.69, 9.17) is 21.2 Å². The van der Waals surface area contributed by atoms with Crippen LogP contribution >= 0.6 is 11.6 Å². The smallest absolute Gasteiger partial charge is 0.162 e. The SMILES string of the molecule is Cc1c(Cl)cccc1-c1cc(CO)on1. The van der Waals surface area contributed by atoms with Crippen molar-refractivity contribution in [3.8, 4) is 11.3 Å². The second-order valence-corrected chi connectivity index (χ2v) is 3.66. The Labute approximate surface area is 92.3 Å². The van der Waals surface area contributed by atoms with Gasteiger partial charge in [-0.1, -0.05) is 28.9 Å². The fourth-order valence-electron chi connectivity index (χ4n) is 1.40. The van der Waals surface area contributed by atoms with Crippen LogP contribution in [0.4, 0.5) is 0 Å². The summed E-state index contributed by atoms with van der Waals surface area (Å²) in [6, 6.07) is 7.31. The molecule has 1 aromatic carbocycles. The molecule has 0 aliphatic heterocycles. The summed E-state index contributed by atoms with van der Waals surface area (Å²) in [5.41, 5.74) is 2.57. The minimum atomic E-state index is -0.146. The molecular weight excluding hydrogens is 214 g/mol. The molecule has 1 aromatic heterocycles. The molecule has 4 heteroatoms. The molecule has 0 unspecified atom stereocenters. The summed E-state index contributed by atoms with van der Waals surface area (Å²) in [7, 11) is 0. The van der Waals surface area contributed by atoms with E-state index in [2.05, 4.69) is 5.16 Å². The standard InChI is InChI=1S/C11H10ClNO2/c1-7-9(3-2-4-10(7)12)11-5-8(6-14)15-13-11/h2-5,14H,6H2,1H3. The summed E-state index contributed by atoms with van der Waals surface area (Å²) in [4.78, 5) is 0. The zero-order valence-electron chi connectivity index (χ0n) is 8.20. The molecule has 1 N–H and O–H groups in total. The molecule has 3 nitrogen and oxygen atoms in total. The molecule has 0 radical (unpaired) electrons. The van der Waals surface area contributed by atoms with Gasteiger partial charge in [0.25, 0.3) is 0 Å². The molecule has 78 valence electrons. The maximum atomic E-state index is 8.86. The van der Waals surface area contributed by atoms with Gasteiger partial charge in [0, 0.05) is 16.7 Å². The van der Waals surface area contributed by atoms with Crippen molar-refractivity contribution in [3.05, 3.63) is 40.6 Å². The fraction of sp³-hybridized carbons (Fsp3) is 0.182. The number of hydrogen-bond donors (Lipinski definition) is 1. The van der Waals surface area contributed by atoms with Gasteiger partial charge in [-0.15, -0.1) is 0 Å². The number of aliphatic hydroxyl groups excluding tert-OH is 1. The lowest BCUT2D eigenvalue weighted by Crippen LogP contribution is -1.83. The first-order valence-electron chi connectivity index (χ1n) is 4.54. The average molecular weight is 224 g/mol. The summed E-state index contributed by atoms with van der Waals surface area (Å²) < 4.78 is 4.92. The predicted octanol–water partition coefficient (Wildman–Crippen LogP) is 2.80. The van der Waals surface area contributed by atoms with Crippen LogP contribution in [0.5, 0.6) is 0 Å². The van der Waals surface area contributed by atoms with E-state index < -0.39 is 0 Å². The van der Waals surface area contributed by atoms with Crippen molar-refractivity contribution < 1.29 is 9.63 Å². The van der Waals surface area contributed by atoms with Crippen molar-refractivity contribution >= 4 is 11.6 Å². The molecule has 2 aromatic rings. The van der Waals surface area contributed by atoms with Crippen LogP contribution in [0.3, 0.4) is 0 Å². The van der Waals surface area contributed by atoms with E-state index in [1.54, 1.807) is 6.07 Å². The van der Waals surface area contributed by atoms with Crippen molar-refractivity contribution in [2.24, 2.45) is 0 Å². The maximum Gasteiger partial charge on any atom is 0.162 e. The Bertz CT molecular complexity index is 479. The van der Waals surface area contributed by atoms with E-state index >= 15 is 0 Å². The average Bonchev–Trinajstić information content (AvgIpc) is 2.70. The Morgan fingerprint density at radius 1 is 1.47 bits per heavy atom. The first-order chi connectivity index (χ1) is 7.22. The summed E-state index contributed by atoms with van der Waals surface area (Å²) in [5.74, 6) is 0.448. The quantitative estimate of drug-likeness (QED) is 0.852. The van der Waals surface area contributed by atoms with Crippen LogP contribution in [0.1, 0.15) is 11.3 Å². The molecule has 1 heterocycles. The van der Waals surface area contributed by atoms with Crippen LogP contribution in [-0.2, 0) is 6.61 Å². The van der Waals surface area contributed by atoms with Crippen LogP contribution in [0, 0.1) is 6.92 Å². The number of nitrogens with zero attached hydrogens (tertiary/aromatic N) is 1. The third kappa shape index (κ3) is 1.89. The first kappa shape index (κ1) is 10.2. The monoisotopic (exact) mass is 223 g/mol. The Morgan fingerprint density at radius 3 is 2.93 bits per heavy atom. The first-order valence-corrected chi connectivity index (χ1v) is 4.92. The van der Waals surface area contributed by atoms with Crippen LogP contribution in [0.15, 0.2) is 28.8 Å². The molecule has 0 bridgehead atoms. The highest BCUT2D eigenvalue weighted by atomic mass is 35.5. The molecule has 0 aliphatic rings. The van der Waals surface area contributed by atoms with Gasteiger partial charge in [-0.3, -0.25) is 0 Å². The van der Waals surface area contributed by atoms with Crippen molar-refractivity contribution in [3.63, 3.8) is 0 Å². The Hall–Kier alpha value is -1.32. The highest BCUT2D eigenvalue weighted by Crippen LogP contribution is 2.27. The van der Waals surface area contributed by atoms with E-state index in [1.807, 2.05) is 25.1 Å². The van der Waals surface area contributed by atoms with Gasteiger partial charge in [0.1, 0.15) is 12.3 Å². The Balaban J connectivity index is 2.49. The van der Waals surface area contributed by atoms with Crippen molar-refractivity contribution in [1.29, 1.82) is 0 Å². The predicted molar refractivity (Wildman–Crippen MR) is 57.6 cm³/mol. The van der Waals surface area contributed by atoms with Gasteiger partial charge >= 0.3 is 0 Å². The molecule has 0 amide bonds. The van der Waals surface area contributed by atoms with Crippen molar-refractivity contribution in [2.75, 3.05) is 0 Å². The molecule has 2 rings (SSSR count). The van der Waals surface area contributed by atoms with Crippen LogP contribution in [0.25, 0.3) is 11.3 Å². The minimum Gasteiger partial charge on any atom is -0.388 e. The number of rotatable bonds is 2. The van der Waals surface area contributed by atoms with Gasteiger partial charge in [-0.2, -0.15) is 0 Å². The summed E-state index contributed by atoms with van der Waals surface area (Å²) in [6.07, 6.45) is 0. The minimum absolute atomic E-state index is 0.146. The highest BCUT2D eigenvalue weighted by Gasteiger charge is 2.09. The van der Waals surface area contributed by atoms with Gasteiger partial charge in [-0.25, -0.2) is 0 Å². The number of halogens is 1. The number of benzene rings is 1. The van der Waals surface area contributed by atoms with Gasteiger partial charge in [0.2, 0.25) is 0 Å². The normalized spacial score (nSPS) is 10.6. The molecule has 0 saturated heterocycles. The van der Waals surface area contributed by atoms with E-state index in [1.165, 1.54) is 0 Å². The lowest BCUT2D eigenvalue weighted by Gasteiger charge is -2.02. The van der Waals surface area contributed by atoms with Gasteiger partial charge in [0.15, 0.2) is 5.76 Å². The second-order valence-electron chi connectivity index (χ2n) is 3.25. The lowest BCUT2D eigenvalue weighted by molar-refractivity contribution is 0.229. The van der Waals surface area contributed by atoms with Crippen LogP contribution in [-0.4, -0.2) is 10.3 Å². The molecule has 15 heavy (non-hydrogen) atoms. The summed E-state index contributed by atoms with van der Waals surface area (Å²) in [6.45, 7) is 1.78. The zero-order chi connectivity index (χ0) is 10.8. The third-order valence-corrected chi connectivity index (χ3v) is 2.67. The van der Waals surface area contributed by atoms with Crippen LogP contribution in [0.2, 0.25) is 5.02 Å². The molecule has 0 fully saturated rings. The molecular formula is C11H10ClNO2. The number of hydrogen-bond acceptors (Lipinski definition) is 3. The van der Waals surface area contributed by atoms with Crippen LogP contribution < -0.4 is 0 Å². The molecule has 0 atom stereocenters. The summed E-state index contributed by atoms with van der Waals surface area (Å²) >= 11 is 6.00. The number of aromatic nitrogens is 1. The molecule has 0 aliphatic carbocycles. The van der Waals surface area contributed by atoms with Crippen molar-refractivity contribution in [2.45, 2.75) is 13.5 Å². The van der Waals surface area contributed by atoms with Gasteiger partial charge in [-0.05, 0) is 18.6 Å².